The Bertz CT molecular complexity index is 1250. The molecule has 0 radical (unpaired) electrons. The first-order chi connectivity index (χ1) is 18.0. The summed E-state index contributed by atoms with van der Waals surface area (Å²) in [6.45, 7) is -0.0178. The third kappa shape index (κ3) is 6.26. The van der Waals surface area contributed by atoms with Crippen LogP contribution in [0.15, 0.2) is 127 Å². The predicted molar refractivity (Wildman–Crippen MR) is 148 cm³/mol. The molecule has 0 aliphatic heterocycles. The van der Waals surface area contributed by atoms with Gasteiger partial charge in [0, 0.05) is 12.1 Å². The van der Waals surface area contributed by atoms with Gasteiger partial charge < -0.3 is 10.1 Å². The normalized spacial score (nSPS) is 12.1. The van der Waals surface area contributed by atoms with Gasteiger partial charge >= 0.3 is 6.09 Å². The van der Waals surface area contributed by atoms with Gasteiger partial charge in [-0.15, -0.1) is 0 Å². The van der Waals surface area contributed by atoms with Gasteiger partial charge in [0.1, 0.15) is 6.61 Å². The summed E-state index contributed by atoms with van der Waals surface area (Å²) in [5.74, 6) is 0. The Labute approximate surface area is 221 Å². The number of rotatable bonds is 9. The highest BCUT2D eigenvalue weighted by molar-refractivity contribution is 7.81. The minimum absolute atomic E-state index is 0.0178. The average Bonchev–Trinajstić information content (AvgIpc) is 2.94. The van der Waals surface area contributed by atoms with Crippen LogP contribution in [0.25, 0.3) is 0 Å². The molecule has 0 saturated heterocycles. The van der Waals surface area contributed by atoms with Crippen LogP contribution >= 0.6 is 12.6 Å². The van der Waals surface area contributed by atoms with Gasteiger partial charge in [-0.3, -0.25) is 10.1 Å². The predicted octanol–water partition coefficient (Wildman–Crippen LogP) is 6.67. The first kappa shape index (κ1) is 25.7. The SMILES string of the molecule is O=C(NC(S)/C=C\C(c1ccccc1)(c1ccccc1)c1ccccc1)OCc1ccc([N+](=O)[O-])cc1. The number of hydrogen-bond acceptors (Lipinski definition) is 5. The highest BCUT2D eigenvalue weighted by Crippen LogP contribution is 2.40. The van der Waals surface area contributed by atoms with Crippen molar-refractivity contribution in [1.29, 1.82) is 0 Å². The molecule has 0 aliphatic carbocycles. The van der Waals surface area contributed by atoms with Crippen molar-refractivity contribution in [1.82, 2.24) is 5.32 Å². The smallest absolute Gasteiger partial charge is 0.408 e. The van der Waals surface area contributed by atoms with E-state index >= 15 is 0 Å². The van der Waals surface area contributed by atoms with E-state index in [1.54, 1.807) is 12.1 Å². The van der Waals surface area contributed by atoms with Crippen molar-refractivity contribution in [3.05, 3.63) is 160 Å². The van der Waals surface area contributed by atoms with Crippen molar-refractivity contribution in [2.75, 3.05) is 0 Å². The monoisotopic (exact) mass is 510 g/mol. The maximum Gasteiger partial charge on any atom is 0.408 e. The van der Waals surface area contributed by atoms with E-state index in [0.717, 1.165) is 16.7 Å². The summed E-state index contributed by atoms with van der Waals surface area (Å²) in [6.07, 6.45) is 3.25. The van der Waals surface area contributed by atoms with Gasteiger partial charge in [-0.1, -0.05) is 103 Å². The summed E-state index contributed by atoms with van der Waals surface area (Å²) in [5.41, 5.74) is 3.23. The minimum atomic E-state index is -0.646. The number of non-ortho nitro benzene ring substituents is 1. The molecule has 1 N–H and O–H groups in total. The highest BCUT2D eigenvalue weighted by atomic mass is 32.1. The Morgan fingerprint density at radius 2 is 1.30 bits per heavy atom. The molecule has 1 atom stereocenters. The highest BCUT2D eigenvalue weighted by Gasteiger charge is 2.33. The standard InChI is InChI=1S/C30H26N2O4S/c33-29(36-22-23-16-18-27(19-17-23)32(34)35)31-28(37)20-21-30(24-10-4-1-5-11-24,25-12-6-2-7-13-25)26-14-8-3-9-15-26/h1-21,28,37H,22H2,(H,31,33)/b21-20-. The Kier molecular flexibility index (Phi) is 8.38. The Hall–Kier alpha value is -4.36. The van der Waals surface area contributed by atoms with E-state index in [1.165, 1.54) is 12.1 Å². The van der Waals surface area contributed by atoms with E-state index in [0.29, 0.717) is 5.56 Å². The maximum absolute atomic E-state index is 12.4. The molecule has 4 aromatic carbocycles. The van der Waals surface area contributed by atoms with Gasteiger partial charge in [0.25, 0.3) is 5.69 Å². The number of carbonyl (C=O) groups excluding carboxylic acids is 1. The summed E-state index contributed by atoms with van der Waals surface area (Å²) in [5, 5.41) is 12.9. The van der Waals surface area contributed by atoms with Crippen LogP contribution in [0.3, 0.4) is 0 Å². The molecular weight excluding hydrogens is 484 g/mol. The van der Waals surface area contributed by atoms with E-state index in [4.69, 9.17) is 4.74 Å². The van der Waals surface area contributed by atoms with E-state index < -0.39 is 21.8 Å². The van der Waals surface area contributed by atoms with Gasteiger partial charge in [-0.2, -0.15) is 12.6 Å². The number of allylic oxidation sites excluding steroid dienone is 1. The summed E-state index contributed by atoms with van der Waals surface area (Å²) in [7, 11) is 0. The zero-order chi connectivity index (χ0) is 26.1. The van der Waals surface area contributed by atoms with Gasteiger partial charge in [0.15, 0.2) is 0 Å². The lowest BCUT2D eigenvalue weighted by molar-refractivity contribution is -0.384. The number of carbonyl (C=O) groups is 1. The lowest BCUT2D eigenvalue weighted by Crippen LogP contribution is -2.32. The molecule has 4 rings (SSSR count). The van der Waals surface area contributed by atoms with Crippen molar-refractivity contribution in [2.24, 2.45) is 0 Å². The molecule has 7 heteroatoms. The number of nitrogens with zero attached hydrogens (tertiary/aromatic N) is 1. The first-order valence-electron chi connectivity index (χ1n) is 11.7. The number of ether oxygens (including phenoxy) is 1. The molecule has 0 fully saturated rings. The van der Waals surface area contributed by atoms with E-state index in [2.05, 4.69) is 60.4 Å². The second-order valence-corrected chi connectivity index (χ2v) is 8.91. The fourth-order valence-corrected chi connectivity index (χ4v) is 4.39. The number of benzene rings is 4. The van der Waals surface area contributed by atoms with Crippen molar-refractivity contribution in [3.8, 4) is 0 Å². The molecule has 1 unspecified atom stereocenters. The van der Waals surface area contributed by atoms with Crippen molar-refractivity contribution in [3.63, 3.8) is 0 Å². The van der Waals surface area contributed by atoms with Gasteiger partial charge in [0.05, 0.1) is 15.7 Å². The van der Waals surface area contributed by atoms with Crippen LogP contribution < -0.4 is 5.32 Å². The van der Waals surface area contributed by atoms with E-state index in [-0.39, 0.29) is 12.3 Å². The summed E-state index contributed by atoms with van der Waals surface area (Å²) >= 11 is 4.56. The van der Waals surface area contributed by atoms with Crippen LogP contribution in [0.2, 0.25) is 0 Å². The molecule has 4 aromatic rings. The molecule has 1 amide bonds. The third-order valence-electron chi connectivity index (χ3n) is 6.00. The van der Waals surface area contributed by atoms with Crippen LogP contribution in [0.4, 0.5) is 10.5 Å². The largest absolute Gasteiger partial charge is 0.445 e. The van der Waals surface area contributed by atoms with Gasteiger partial charge in [-0.25, -0.2) is 4.79 Å². The third-order valence-corrected chi connectivity index (χ3v) is 6.30. The Morgan fingerprint density at radius 1 is 0.838 bits per heavy atom. The Morgan fingerprint density at radius 3 is 1.73 bits per heavy atom. The zero-order valence-corrected chi connectivity index (χ0v) is 20.8. The van der Waals surface area contributed by atoms with Crippen LogP contribution in [-0.2, 0) is 16.8 Å². The Balaban J connectivity index is 1.55. The van der Waals surface area contributed by atoms with Crippen LogP contribution in [0.1, 0.15) is 22.3 Å². The van der Waals surface area contributed by atoms with Crippen molar-refractivity contribution < 1.29 is 14.5 Å². The van der Waals surface area contributed by atoms with Crippen molar-refractivity contribution in [2.45, 2.75) is 17.4 Å². The molecular formula is C30H26N2O4S. The van der Waals surface area contributed by atoms with E-state index in [1.807, 2.05) is 60.7 Å². The number of thiol groups is 1. The van der Waals surface area contributed by atoms with Crippen molar-refractivity contribution >= 4 is 24.4 Å². The molecule has 0 aliphatic rings. The second kappa shape index (κ2) is 12.1. The zero-order valence-electron chi connectivity index (χ0n) is 19.9. The molecule has 37 heavy (non-hydrogen) atoms. The molecule has 0 saturated carbocycles. The van der Waals surface area contributed by atoms with Crippen LogP contribution in [-0.4, -0.2) is 16.4 Å². The summed E-state index contributed by atoms with van der Waals surface area (Å²) in [4.78, 5) is 22.7. The molecule has 0 spiro atoms. The minimum Gasteiger partial charge on any atom is -0.445 e. The summed E-state index contributed by atoms with van der Waals surface area (Å²) in [6, 6.07) is 36.4. The van der Waals surface area contributed by atoms with Crippen LogP contribution in [0.5, 0.6) is 0 Å². The quantitative estimate of drug-likeness (QED) is 0.0658. The number of nitro benzene ring substituents is 1. The first-order valence-corrected chi connectivity index (χ1v) is 12.2. The lowest BCUT2D eigenvalue weighted by atomic mass is 9.69. The number of amides is 1. The summed E-state index contributed by atoms with van der Waals surface area (Å²) < 4.78 is 5.28. The fraction of sp³-hybridized carbons (Fsp3) is 0.100. The molecule has 0 aromatic heterocycles. The second-order valence-electron chi connectivity index (χ2n) is 8.35. The lowest BCUT2D eigenvalue weighted by Gasteiger charge is -2.33. The molecule has 186 valence electrons. The van der Waals surface area contributed by atoms with Gasteiger partial charge in [0.2, 0.25) is 0 Å². The number of nitrogens with one attached hydrogen (secondary N) is 1. The van der Waals surface area contributed by atoms with Gasteiger partial charge in [-0.05, 0) is 34.4 Å². The topological polar surface area (TPSA) is 81.5 Å². The number of nitro groups is 1. The average molecular weight is 511 g/mol. The molecule has 0 bridgehead atoms. The number of alkyl carbamates (subject to hydrolysis) is 1. The maximum atomic E-state index is 12.4. The number of hydrogen-bond donors (Lipinski definition) is 2. The molecule has 0 heterocycles. The molecule has 6 nitrogen and oxygen atoms in total. The van der Waals surface area contributed by atoms with E-state index in [9.17, 15) is 14.9 Å². The fourth-order valence-electron chi connectivity index (χ4n) is 4.20. The van der Waals surface area contributed by atoms with Crippen LogP contribution in [0, 0.1) is 10.1 Å².